The molecule has 4 rings (SSSR count). The highest BCUT2D eigenvalue weighted by Gasteiger charge is 2.17. The molecule has 38 heavy (non-hydrogen) atoms. The maximum Gasteiger partial charge on any atom is 0.221 e. The fraction of sp³-hybridized carbons (Fsp3) is 0.300. The minimum Gasteiger partial charge on any atom is -0.490 e. The smallest absolute Gasteiger partial charge is 0.221 e. The highest BCUT2D eigenvalue weighted by Crippen LogP contribution is 2.38. The summed E-state index contributed by atoms with van der Waals surface area (Å²) < 4.78 is 11.7. The molecule has 4 N–H and O–H groups in total. The fourth-order valence-electron chi connectivity index (χ4n) is 4.56. The van der Waals surface area contributed by atoms with E-state index in [2.05, 4.69) is 45.7 Å². The number of anilines is 2. The maximum atomic E-state index is 11.9. The number of hydrogen-bond acceptors (Lipinski definition) is 7. The summed E-state index contributed by atoms with van der Waals surface area (Å²) in [6, 6.07) is 14.0. The zero-order valence-electron chi connectivity index (χ0n) is 22.2. The van der Waals surface area contributed by atoms with Crippen LogP contribution in [0.1, 0.15) is 43.0 Å². The number of amides is 1. The first-order valence-corrected chi connectivity index (χ1v) is 13.0. The number of carbonyl (C=O) groups excluding carboxylic acids is 1. The Bertz CT molecular complexity index is 1390. The third-order valence-electron chi connectivity index (χ3n) is 6.23. The zero-order chi connectivity index (χ0) is 26.9. The van der Waals surface area contributed by atoms with Crippen LogP contribution in [0.2, 0.25) is 0 Å². The van der Waals surface area contributed by atoms with Gasteiger partial charge in [-0.1, -0.05) is 25.1 Å². The van der Waals surface area contributed by atoms with E-state index in [1.807, 2.05) is 44.3 Å². The van der Waals surface area contributed by atoms with Crippen LogP contribution in [0, 0.1) is 0 Å². The molecule has 0 aliphatic heterocycles. The van der Waals surface area contributed by atoms with Gasteiger partial charge >= 0.3 is 0 Å². The molecule has 0 fully saturated rings. The van der Waals surface area contributed by atoms with Crippen LogP contribution in [-0.4, -0.2) is 29.1 Å². The Labute approximate surface area is 223 Å². The van der Waals surface area contributed by atoms with Crippen LogP contribution < -0.4 is 25.8 Å². The Morgan fingerprint density at radius 2 is 1.74 bits per heavy atom. The van der Waals surface area contributed by atoms with E-state index < -0.39 is 5.91 Å². The van der Waals surface area contributed by atoms with E-state index in [4.69, 9.17) is 15.2 Å². The first-order valence-electron chi connectivity index (χ1n) is 13.0. The molecule has 0 saturated carbocycles. The van der Waals surface area contributed by atoms with Crippen LogP contribution in [0.25, 0.3) is 10.9 Å². The van der Waals surface area contributed by atoms with Gasteiger partial charge in [0, 0.05) is 54.4 Å². The lowest BCUT2D eigenvalue weighted by Gasteiger charge is -2.20. The molecule has 0 spiro atoms. The average Bonchev–Trinajstić information content (AvgIpc) is 2.91. The molecule has 4 aromatic rings. The number of hydrogen-bond donors (Lipinski definition) is 3. The summed E-state index contributed by atoms with van der Waals surface area (Å²) in [5.74, 6) is 0.847. The number of primary amides is 1. The minimum absolute atomic E-state index is 0.0657. The summed E-state index contributed by atoms with van der Waals surface area (Å²) in [4.78, 5) is 20.7. The molecule has 0 radical (unpaired) electrons. The lowest BCUT2D eigenvalue weighted by atomic mass is 10.0. The number of pyridine rings is 2. The van der Waals surface area contributed by atoms with Crippen LogP contribution in [-0.2, 0) is 30.7 Å². The summed E-state index contributed by atoms with van der Waals surface area (Å²) in [7, 11) is 0. The Morgan fingerprint density at radius 1 is 0.947 bits per heavy atom. The zero-order valence-corrected chi connectivity index (χ0v) is 22.2. The van der Waals surface area contributed by atoms with Gasteiger partial charge in [0.2, 0.25) is 5.91 Å². The predicted octanol–water partition coefficient (Wildman–Crippen LogP) is 5.05. The maximum absolute atomic E-state index is 11.9. The lowest BCUT2D eigenvalue weighted by molar-refractivity contribution is -0.117. The Kier molecular flexibility index (Phi) is 9.11. The van der Waals surface area contributed by atoms with Gasteiger partial charge in [0.25, 0.3) is 0 Å². The van der Waals surface area contributed by atoms with Crippen molar-refractivity contribution in [2.45, 2.75) is 46.7 Å². The van der Waals surface area contributed by atoms with Crippen LogP contribution in [0.5, 0.6) is 11.5 Å². The topological polar surface area (TPSA) is 111 Å². The van der Waals surface area contributed by atoms with Gasteiger partial charge in [-0.25, -0.2) is 0 Å². The van der Waals surface area contributed by atoms with Crippen LogP contribution in [0.3, 0.4) is 0 Å². The molecule has 2 heterocycles. The standard InChI is InChI=1S/C30H35N5O3/c1-4-23-21(18-33-17-20-9-8-12-32-16-20)10-7-11-25(23)35-30-22(13-29(31)36)19-34-26-15-28(38-6-3)27(37-5-2)14-24(26)30/h7-12,14-16,19,33H,4-6,13,17-18H2,1-3H3,(H2,31,36)(H,34,35). The Hall–Kier alpha value is -4.17. The second-order valence-corrected chi connectivity index (χ2v) is 8.87. The molecule has 0 aliphatic carbocycles. The summed E-state index contributed by atoms with van der Waals surface area (Å²) in [5, 5.41) is 7.98. The number of aromatic nitrogens is 2. The Morgan fingerprint density at radius 3 is 2.42 bits per heavy atom. The van der Waals surface area contributed by atoms with Gasteiger partial charge in [0.1, 0.15) is 0 Å². The minimum atomic E-state index is -0.422. The molecule has 2 aromatic carbocycles. The average molecular weight is 514 g/mol. The van der Waals surface area contributed by atoms with Crippen molar-refractivity contribution in [3.05, 3.63) is 83.3 Å². The summed E-state index contributed by atoms with van der Waals surface area (Å²) in [6.45, 7) is 8.46. The van der Waals surface area contributed by atoms with Gasteiger partial charge in [-0.2, -0.15) is 0 Å². The monoisotopic (exact) mass is 513 g/mol. The van der Waals surface area contributed by atoms with E-state index in [1.54, 1.807) is 12.4 Å². The van der Waals surface area contributed by atoms with Gasteiger partial charge in [0.05, 0.1) is 30.8 Å². The summed E-state index contributed by atoms with van der Waals surface area (Å²) in [6.07, 6.45) is 6.25. The van der Waals surface area contributed by atoms with Gasteiger partial charge in [-0.05, 0) is 55.2 Å². The number of rotatable bonds is 13. The highest BCUT2D eigenvalue weighted by atomic mass is 16.5. The first-order chi connectivity index (χ1) is 18.5. The second kappa shape index (κ2) is 12.9. The largest absolute Gasteiger partial charge is 0.490 e. The number of fused-ring (bicyclic) bond motifs is 1. The molecular weight excluding hydrogens is 478 g/mol. The second-order valence-electron chi connectivity index (χ2n) is 8.87. The third-order valence-corrected chi connectivity index (χ3v) is 6.23. The number of benzene rings is 2. The van der Waals surface area contributed by atoms with Crippen molar-refractivity contribution >= 4 is 28.2 Å². The van der Waals surface area contributed by atoms with E-state index in [0.717, 1.165) is 46.4 Å². The molecule has 0 saturated heterocycles. The molecule has 8 heteroatoms. The number of nitrogens with zero attached hydrogens (tertiary/aromatic N) is 2. The molecule has 1 amide bonds. The van der Waals surface area contributed by atoms with Crippen LogP contribution >= 0.6 is 0 Å². The van der Waals surface area contributed by atoms with Gasteiger partial charge < -0.3 is 25.8 Å². The Balaban J connectivity index is 1.72. The van der Waals surface area contributed by atoms with Crippen molar-refractivity contribution in [2.75, 3.05) is 18.5 Å². The molecule has 8 nitrogen and oxygen atoms in total. The predicted molar refractivity (Wildman–Crippen MR) is 151 cm³/mol. The van der Waals surface area contributed by atoms with Crippen molar-refractivity contribution in [3.8, 4) is 11.5 Å². The van der Waals surface area contributed by atoms with Crippen molar-refractivity contribution in [1.29, 1.82) is 0 Å². The van der Waals surface area contributed by atoms with E-state index in [9.17, 15) is 4.79 Å². The van der Waals surface area contributed by atoms with Crippen molar-refractivity contribution in [2.24, 2.45) is 5.73 Å². The quantitative estimate of drug-likeness (QED) is 0.229. The van der Waals surface area contributed by atoms with E-state index in [0.29, 0.717) is 31.3 Å². The third kappa shape index (κ3) is 6.39. The van der Waals surface area contributed by atoms with E-state index >= 15 is 0 Å². The molecule has 0 atom stereocenters. The molecular formula is C30H35N5O3. The number of carbonyl (C=O) groups is 1. The first kappa shape index (κ1) is 26.9. The normalized spacial score (nSPS) is 10.9. The van der Waals surface area contributed by atoms with Crippen LogP contribution in [0.15, 0.2) is 61.1 Å². The highest BCUT2D eigenvalue weighted by molar-refractivity contribution is 5.98. The SMILES string of the molecule is CCOc1cc2ncc(CC(N)=O)c(Nc3cccc(CNCc4cccnc4)c3CC)c2cc1OCC. The summed E-state index contributed by atoms with van der Waals surface area (Å²) >= 11 is 0. The van der Waals surface area contributed by atoms with Gasteiger partial charge in [-0.3, -0.25) is 14.8 Å². The van der Waals surface area contributed by atoms with Gasteiger partial charge in [0.15, 0.2) is 11.5 Å². The van der Waals surface area contributed by atoms with Crippen LogP contribution in [0.4, 0.5) is 11.4 Å². The van der Waals surface area contributed by atoms with Crippen molar-refractivity contribution < 1.29 is 14.3 Å². The molecule has 2 aromatic heterocycles. The summed E-state index contributed by atoms with van der Waals surface area (Å²) in [5.41, 5.74) is 12.3. The number of nitrogens with one attached hydrogen (secondary N) is 2. The molecule has 0 bridgehead atoms. The number of ether oxygens (including phenoxy) is 2. The molecule has 0 aliphatic rings. The van der Waals surface area contributed by atoms with E-state index in [-0.39, 0.29) is 6.42 Å². The molecule has 198 valence electrons. The molecule has 0 unspecified atom stereocenters. The van der Waals surface area contributed by atoms with Crippen molar-refractivity contribution in [3.63, 3.8) is 0 Å². The number of nitrogens with two attached hydrogens (primary N) is 1. The fourth-order valence-corrected chi connectivity index (χ4v) is 4.56. The van der Waals surface area contributed by atoms with Crippen molar-refractivity contribution in [1.82, 2.24) is 15.3 Å². The lowest BCUT2D eigenvalue weighted by Crippen LogP contribution is -2.16. The van der Waals surface area contributed by atoms with E-state index in [1.165, 1.54) is 11.1 Å². The van der Waals surface area contributed by atoms with Gasteiger partial charge in [-0.15, -0.1) is 0 Å².